The number of rotatable bonds is 0. The number of carbonyl (C=O) groups excluding carboxylic acids is 1. The number of halogens is 5. The summed E-state index contributed by atoms with van der Waals surface area (Å²) >= 11 is 0. The van der Waals surface area contributed by atoms with Crippen molar-refractivity contribution in [2.24, 2.45) is 0 Å². The normalized spacial score (nSPS) is 18.2. The molecule has 0 fully saturated rings. The fraction of sp³-hybridized carbons (Fsp3) is 0.222. The highest BCUT2D eigenvalue weighted by molar-refractivity contribution is 6.04. The van der Waals surface area contributed by atoms with Gasteiger partial charge in [-0.3, -0.25) is 4.79 Å². The lowest BCUT2D eigenvalue weighted by Gasteiger charge is -2.11. The molecule has 1 N–H and O–H groups in total. The molecule has 0 saturated carbocycles. The number of anilines is 1. The zero-order valence-electron chi connectivity index (χ0n) is 7.53. The number of fused-ring (bicyclic) bond motifs is 1. The highest BCUT2D eigenvalue weighted by Crippen LogP contribution is 2.46. The first-order valence-corrected chi connectivity index (χ1v) is 4.14. The van der Waals surface area contributed by atoms with Gasteiger partial charge in [0.2, 0.25) is 0 Å². The molecule has 0 radical (unpaired) electrons. The zero-order chi connectivity index (χ0) is 12.1. The van der Waals surface area contributed by atoms with E-state index in [-0.39, 0.29) is 0 Å². The largest absolute Gasteiger partial charge is 0.418 e. The van der Waals surface area contributed by atoms with Gasteiger partial charge in [-0.05, 0) is 6.07 Å². The molecule has 86 valence electrons. The van der Waals surface area contributed by atoms with E-state index in [4.69, 9.17) is 0 Å². The zero-order valence-corrected chi connectivity index (χ0v) is 7.53. The van der Waals surface area contributed by atoms with Crippen molar-refractivity contribution in [3.8, 4) is 0 Å². The monoisotopic (exact) mass is 237 g/mol. The number of amides is 1. The molecule has 1 amide bonds. The van der Waals surface area contributed by atoms with Crippen molar-refractivity contribution >= 4 is 11.6 Å². The number of hydrogen-bond donors (Lipinski definition) is 1. The lowest BCUT2D eigenvalue weighted by Crippen LogP contribution is -2.23. The number of alkyl halides is 5. The average molecular weight is 237 g/mol. The van der Waals surface area contributed by atoms with Crippen molar-refractivity contribution in [2.45, 2.75) is 12.1 Å². The topological polar surface area (TPSA) is 29.1 Å². The number of para-hydroxylation sites is 1. The SMILES string of the molecule is O=C1Nc2c(C(F)(F)F)cccc2C1(F)F. The van der Waals surface area contributed by atoms with Crippen molar-refractivity contribution in [3.63, 3.8) is 0 Å². The minimum Gasteiger partial charge on any atom is -0.319 e. The fourth-order valence-corrected chi connectivity index (χ4v) is 1.50. The third-order valence-electron chi connectivity index (χ3n) is 2.23. The summed E-state index contributed by atoms with van der Waals surface area (Å²) in [6.07, 6.45) is -4.78. The second-order valence-electron chi connectivity index (χ2n) is 3.25. The van der Waals surface area contributed by atoms with Crippen molar-refractivity contribution in [3.05, 3.63) is 29.3 Å². The highest BCUT2D eigenvalue weighted by atomic mass is 19.4. The Bertz CT molecular complexity index is 465. The number of carbonyl (C=O) groups is 1. The van der Waals surface area contributed by atoms with Gasteiger partial charge in [-0.15, -0.1) is 0 Å². The quantitative estimate of drug-likeness (QED) is 0.690. The average Bonchev–Trinajstić information content (AvgIpc) is 2.37. The van der Waals surface area contributed by atoms with Crippen LogP contribution in [-0.2, 0) is 16.9 Å². The fourth-order valence-electron chi connectivity index (χ4n) is 1.50. The van der Waals surface area contributed by atoms with Crippen LogP contribution in [0.2, 0.25) is 0 Å². The van der Waals surface area contributed by atoms with E-state index in [0.717, 1.165) is 12.1 Å². The Morgan fingerprint density at radius 1 is 1.19 bits per heavy atom. The van der Waals surface area contributed by atoms with Crippen LogP contribution in [0.25, 0.3) is 0 Å². The van der Waals surface area contributed by atoms with E-state index in [9.17, 15) is 26.7 Å². The van der Waals surface area contributed by atoms with Gasteiger partial charge in [0.25, 0.3) is 5.91 Å². The van der Waals surface area contributed by atoms with Crippen LogP contribution < -0.4 is 5.32 Å². The van der Waals surface area contributed by atoms with Crippen LogP contribution in [0.15, 0.2) is 18.2 Å². The molecule has 1 heterocycles. The van der Waals surface area contributed by atoms with Gasteiger partial charge in [0.1, 0.15) is 0 Å². The van der Waals surface area contributed by atoms with E-state index >= 15 is 0 Å². The molecule has 0 atom stereocenters. The van der Waals surface area contributed by atoms with E-state index in [1.54, 1.807) is 5.32 Å². The molecular weight excluding hydrogens is 233 g/mol. The maximum absolute atomic E-state index is 13.1. The third-order valence-corrected chi connectivity index (χ3v) is 2.23. The van der Waals surface area contributed by atoms with Gasteiger partial charge in [0, 0.05) is 0 Å². The Morgan fingerprint density at radius 3 is 2.38 bits per heavy atom. The molecule has 1 aliphatic rings. The first-order valence-electron chi connectivity index (χ1n) is 4.14. The van der Waals surface area contributed by atoms with Crippen LogP contribution in [0, 0.1) is 0 Å². The van der Waals surface area contributed by atoms with Crippen molar-refractivity contribution in [2.75, 3.05) is 5.32 Å². The van der Waals surface area contributed by atoms with Gasteiger partial charge in [0.15, 0.2) is 0 Å². The lowest BCUT2D eigenvalue weighted by atomic mass is 10.1. The molecule has 16 heavy (non-hydrogen) atoms. The van der Waals surface area contributed by atoms with Crippen LogP contribution in [-0.4, -0.2) is 5.91 Å². The molecular formula is C9H4F5NO. The summed E-state index contributed by atoms with van der Waals surface area (Å²) in [5.74, 6) is -5.64. The van der Waals surface area contributed by atoms with Crippen molar-refractivity contribution in [1.82, 2.24) is 0 Å². The van der Waals surface area contributed by atoms with Gasteiger partial charge in [0.05, 0.1) is 16.8 Å². The Labute approximate surface area is 86.1 Å². The molecule has 2 nitrogen and oxygen atoms in total. The Kier molecular flexibility index (Phi) is 1.98. The van der Waals surface area contributed by atoms with Gasteiger partial charge in [-0.2, -0.15) is 22.0 Å². The molecule has 2 rings (SSSR count). The summed E-state index contributed by atoms with van der Waals surface area (Å²) in [5.41, 5.74) is -3.06. The van der Waals surface area contributed by atoms with E-state index in [1.807, 2.05) is 0 Å². The molecule has 0 aliphatic carbocycles. The standard InChI is InChI=1S/C9H4F5NO/c10-8(11)4-2-1-3-5(9(12,13)14)6(4)15-7(8)16/h1-3H,(H,15,16). The Balaban J connectivity index is 2.66. The molecule has 0 bridgehead atoms. The summed E-state index contributed by atoms with van der Waals surface area (Å²) in [6, 6.07) is 2.28. The van der Waals surface area contributed by atoms with Crippen LogP contribution >= 0.6 is 0 Å². The van der Waals surface area contributed by atoms with Gasteiger partial charge in [-0.25, -0.2) is 0 Å². The van der Waals surface area contributed by atoms with Crippen LogP contribution in [0.3, 0.4) is 0 Å². The molecule has 0 aromatic heterocycles. The molecule has 0 spiro atoms. The summed E-state index contributed by atoms with van der Waals surface area (Å²) in [5, 5.41) is 1.55. The smallest absolute Gasteiger partial charge is 0.319 e. The van der Waals surface area contributed by atoms with E-state index in [1.165, 1.54) is 0 Å². The first-order chi connectivity index (χ1) is 7.24. The highest BCUT2D eigenvalue weighted by Gasteiger charge is 2.51. The van der Waals surface area contributed by atoms with Crippen LogP contribution in [0.4, 0.5) is 27.6 Å². The maximum Gasteiger partial charge on any atom is 0.418 e. The molecule has 0 unspecified atom stereocenters. The predicted octanol–water partition coefficient (Wildman–Crippen LogP) is 2.75. The minimum absolute atomic E-state index is 0.639. The van der Waals surface area contributed by atoms with Gasteiger partial charge >= 0.3 is 12.1 Å². The molecule has 1 aromatic carbocycles. The number of benzene rings is 1. The van der Waals surface area contributed by atoms with Crippen LogP contribution in [0.1, 0.15) is 11.1 Å². The Morgan fingerprint density at radius 2 is 1.81 bits per heavy atom. The second kappa shape index (κ2) is 2.93. The summed E-state index contributed by atoms with van der Waals surface area (Å²) in [7, 11) is 0. The van der Waals surface area contributed by atoms with Crippen LogP contribution in [0.5, 0.6) is 0 Å². The second-order valence-corrected chi connectivity index (χ2v) is 3.25. The maximum atomic E-state index is 13.1. The van der Waals surface area contributed by atoms with E-state index in [2.05, 4.69) is 0 Å². The van der Waals surface area contributed by atoms with Crippen molar-refractivity contribution < 1.29 is 26.7 Å². The summed E-state index contributed by atoms with van der Waals surface area (Å²) < 4.78 is 63.5. The summed E-state index contributed by atoms with van der Waals surface area (Å²) in [6.45, 7) is 0. The van der Waals surface area contributed by atoms with Crippen molar-refractivity contribution in [1.29, 1.82) is 0 Å². The van der Waals surface area contributed by atoms with E-state index < -0.39 is 34.8 Å². The minimum atomic E-state index is -4.78. The molecule has 0 saturated heterocycles. The molecule has 1 aliphatic heterocycles. The molecule has 1 aromatic rings. The van der Waals surface area contributed by atoms with E-state index in [0.29, 0.717) is 6.07 Å². The lowest BCUT2D eigenvalue weighted by molar-refractivity contribution is -0.139. The summed E-state index contributed by atoms with van der Waals surface area (Å²) in [4.78, 5) is 10.8. The number of nitrogens with one attached hydrogen (secondary N) is 1. The number of hydrogen-bond acceptors (Lipinski definition) is 1. The predicted molar refractivity (Wildman–Crippen MR) is 44.0 cm³/mol. The van der Waals surface area contributed by atoms with Gasteiger partial charge in [-0.1, -0.05) is 12.1 Å². The van der Waals surface area contributed by atoms with Gasteiger partial charge < -0.3 is 5.32 Å². The Hall–Kier alpha value is -1.66. The first kappa shape index (κ1) is 10.8. The molecule has 7 heteroatoms. The third kappa shape index (κ3) is 1.35.